The van der Waals surface area contributed by atoms with Crippen molar-refractivity contribution in [3.8, 4) is 0 Å². The van der Waals surface area contributed by atoms with Gasteiger partial charge in [0.2, 0.25) is 0 Å². The van der Waals surface area contributed by atoms with Gasteiger partial charge >= 0.3 is 0 Å². The van der Waals surface area contributed by atoms with E-state index in [0.717, 1.165) is 24.9 Å². The highest BCUT2D eigenvalue weighted by molar-refractivity contribution is 5.19. The molecule has 1 rings (SSSR count). The van der Waals surface area contributed by atoms with Gasteiger partial charge in [0.25, 0.3) is 0 Å². The van der Waals surface area contributed by atoms with E-state index in [9.17, 15) is 4.39 Å². The van der Waals surface area contributed by atoms with E-state index < -0.39 is 0 Å². The highest BCUT2D eigenvalue weighted by atomic mass is 19.1. The Morgan fingerprint density at radius 3 is 2.56 bits per heavy atom. The Labute approximate surface area is 97.4 Å². The summed E-state index contributed by atoms with van der Waals surface area (Å²) in [5.41, 5.74) is 1.16. The maximum absolute atomic E-state index is 12.8. The molecular weight excluding hydrogens is 201 g/mol. The van der Waals surface area contributed by atoms with Crippen molar-refractivity contribution in [3.63, 3.8) is 0 Å². The highest BCUT2D eigenvalue weighted by Gasteiger charge is 2.07. The molecule has 1 N–H and O–H groups in total. The second-order valence-electron chi connectivity index (χ2n) is 3.82. The molecule has 1 nitrogen and oxygen atoms in total. The molecule has 0 bridgehead atoms. The molecule has 0 saturated heterocycles. The average molecular weight is 221 g/mol. The van der Waals surface area contributed by atoms with Crippen LogP contribution in [-0.2, 0) is 0 Å². The monoisotopic (exact) mass is 221 g/mol. The number of benzene rings is 1. The zero-order valence-corrected chi connectivity index (χ0v) is 10.0. The van der Waals surface area contributed by atoms with Gasteiger partial charge in [-0.1, -0.05) is 31.2 Å². The smallest absolute Gasteiger partial charge is 0.123 e. The summed E-state index contributed by atoms with van der Waals surface area (Å²) < 4.78 is 12.8. The molecule has 1 atom stereocenters. The molecule has 0 fully saturated rings. The van der Waals surface area contributed by atoms with E-state index in [2.05, 4.69) is 24.4 Å². The van der Waals surface area contributed by atoms with Crippen LogP contribution in [0, 0.1) is 5.82 Å². The topological polar surface area (TPSA) is 12.0 Å². The maximum atomic E-state index is 12.8. The number of halogens is 1. The van der Waals surface area contributed by atoms with Crippen LogP contribution in [0.5, 0.6) is 0 Å². The molecule has 2 heteroatoms. The molecule has 0 heterocycles. The lowest BCUT2D eigenvalue weighted by molar-refractivity contribution is 0.524. The van der Waals surface area contributed by atoms with Gasteiger partial charge in [0, 0.05) is 6.04 Å². The molecule has 88 valence electrons. The first-order valence-electron chi connectivity index (χ1n) is 5.88. The van der Waals surface area contributed by atoms with Gasteiger partial charge in [-0.25, -0.2) is 4.39 Å². The largest absolute Gasteiger partial charge is 0.310 e. The summed E-state index contributed by atoms with van der Waals surface area (Å²) in [4.78, 5) is 0. The van der Waals surface area contributed by atoms with E-state index in [1.807, 2.05) is 19.1 Å². The number of allylic oxidation sites excluding steroid dienone is 1. The summed E-state index contributed by atoms with van der Waals surface area (Å²) in [6.07, 6.45) is 6.25. The normalized spacial score (nSPS) is 13.2. The predicted molar refractivity (Wildman–Crippen MR) is 66.9 cm³/mol. The van der Waals surface area contributed by atoms with Gasteiger partial charge in [-0.2, -0.15) is 0 Å². The van der Waals surface area contributed by atoms with Crippen molar-refractivity contribution in [3.05, 3.63) is 47.8 Å². The molecule has 0 aromatic heterocycles. The van der Waals surface area contributed by atoms with Gasteiger partial charge in [-0.3, -0.25) is 0 Å². The van der Waals surface area contributed by atoms with Crippen LogP contribution < -0.4 is 5.32 Å². The minimum atomic E-state index is -0.174. The quantitative estimate of drug-likeness (QED) is 0.568. The predicted octanol–water partition coefficient (Wildman–Crippen LogP) is 3.83. The lowest BCUT2D eigenvalue weighted by atomic mass is 10.0. The SMILES string of the molecule is C/C=C/CCNC(CC)c1ccc(F)cc1. The van der Waals surface area contributed by atoms with E-state index in [4.69, 9.17) is 0 Å². The van der Waals surface area contributed by atoms with Crippen molar-refractivity contribution in [2.24, 2.45) is 0 Å². The van der Waals surface area contributed by atoms with Crippen molar-refractivity contribution in [2.75, 3.05) is 6.54 Å². The third-order valence-corrected chi connectivity index (χ3v) is 2.62. The van der Waals surface area contributed by atoms with Crippen LogP contribution in [0.3, 0.4) is 0 Å². The Morgan fingerprint density at radius 2 is 2.00 bits per heavy atom. The third-order valence-electron chi connectivity index (χ3n) is 2.62. The van der Waals surface area contributed by atoms with Crippen LogP contribution in [-0.4, -0.2) is 6.54 Å². The molecule has 0 aliphatic rings. The first kappa shape index (κ1) is 12.9. The first-order chi connectivity index (χ1) is 7.77. The Hall–Kier alpha value is -1.15. The third kappa shape index (κ3) is 4.15. The number of rotatable bonds is 6. The second kappa shape index (κ2) is 7.18. The minimum absolute atomic E-state index is 0.174. The summed E-state index contributed by atoms with van der Waals surface area (Å²) in [6.45, 7) is 5.12. The molecule has 16 heavy (non-hydrogen) atoms. The van der Waals surface area contributed by atoms with Crippen molar-refractivity contribution in [2.45, 2.75) is 32.7 Å². The van der Waals surface area contributed by atoms with Crippen LogP contribution in [0.2, 0.25) is 0 Å². The molecular formula is C14H20FN. The molecule has 1 unspecified atom stereocenters. The van der Waals surface area contributed by atoms with Crippen molar-refractivity contribution in [1.82, 2.24) is 5.32 Å². The Morgan fingerprint density at radius 1 is 1.31 bits per heavy atom. The average Bonchev–Trinajstić information content (AvgIpc) is 2.31. The van der Waals surface area contributed by atoms with Crippen LogP contribution in [0.25, 0.3) is 0 Å². The van der Waals surface area contributed by atoms with Crippen molar-refractivity contribution >= 4 is 0 Å². The van der Waals surface area contributed by atoms with Crippen LogP contribution in [0.1, 0.15) is 38.3 Å². The van der Waals surface area contributed by atoms with Gasteiger partial charge < -0.3 is 5.32 Å². The highest BCUT2D eigenvalue weighted by Crippen LogP contribution is 2.16. The zero-order chi connectivity index (χ0) is 11.8. The van der Waals surface area contributed by atoms with Crippen LogP contribution in [0.15, 0.2) is 36.4 Å². The fraction of sp³-hybridized carbons (Fsp3) is 0.429. The molecule has 0 aliphatic heterocycles. The fourth-order valence-electron chi connectivity index (χ4n) is 1.70. The van der Waals surface area contributed by atoms with Crippen LogP contribution >= 0.6 is 0 Å². The van der Waals surface area contributed by atoms with Crippen molar-refractivity contribution in [1.29, 1.82) is 0 Å². The lowest BCUT2D eigenvalue weighted by Gasteiger charge is -2.16. The minimum Gasteiger partial charge on any atom is -0.310 e. The summed E-state index contributed by atoms with van der Waals surface area (Å²) in [6, 6.07) is 7.07. The van der Waals surface area contributed by atoms with Gasteiger partial charge in [0.05, 0.1) is 0 Å². The van der Waals surface area contributed by atoms with E-state index >= 15 is 0 Å². The van der Waals surface area contributed by atoms with E-state index in [-0.39, 0.29) is 5.82 Å². The first-order valence-corrected chi connectivity index (χ1v) is 5.88. The molecule has 0 aliphatic carbocycles. The van der Waals surface area contributed by atoms with Gasteiger partial charge in [0.1, 0.15) is 5.82 Å². The molecule has 0 radical (unpaired) electrons. The molecule has 0 amide bonds. The number of nitrogens with one attached hydrogen (secondary N) is 1. The van der Waals surface area contributed by atoms with Gasteiger partial charge in [-0.15, -0.1) is 0 Å². The van der Waals surface area contributed by atoms with E-state index in [1.165, 1.54) is 12.1 Å². The molecule has 1 aromatic rings. The summed E-state index contributed by atoms with van der Waals surface area (Å²) in [5, 5.41) is 3.47. The van der Waals surface area contributed by atoms with E-state index in [1.54, 1.807) is 0 Å². The lowest BCUT2D eigenvalue weighted by Crippen LogP contribution is -2.21. The molecule has 1 aromatic carbocycles. The summed E-state index contributed by atoms with van der Waals surface area (Å²) in [7, 11) is 0. The standard InChI is InChI=1S/C14H20FN/c1-3-5-6-11-16-14(4-2)12-7-9-13(15)10-8-12/h3,5,7-10,14,16H,4,6,11H2,1-2H3/b5-3+. The summed E-state index contributed by atoms with van der Waals surface area (Å²) >= 11 is 0. The van der Waals surface area contributed by atoms with Crippen LogP contribution in [0.4, 0.5) is 4.39 Å². The van der Waals surface area contributed by atoms with Crippen molar-refractivity contribution < 1.29 is 4.39 Å². The molecule has 0 saturated carbocycles. The number of hydrogen-bond acceptors (Lipinski definition) is 1. The molecule has 0 spiro atoms. The maximum Gasteiger partial charge on any atom is 0.123 e. The van der Waals surface area contributed by atoms with Gasteiger partial charge in [0.15, 0.2) is 0 Å². The zero-order valence-electron chi connectivity index (χ0n) is 10.0. The summed E-state index contributed by atoms with van der Waals surface area (Å²) in [5.74, 6) is -0.174. The fourth-order valence-corrected chi connectivity index (χ4v) is 1.70. The Bertz CT molecular complexity index is 316. The number of hydrogen-bond donors (Lipinski definition) is 1. The van der Waals surface area contributed by atoms with E-state index in [0.29, 0.717) is 6.04 Å². The second-order valence-corrected chi connectivity index (χ2v) is 3.82. The van der Waals surface area contributed by atoms with Gasteiger partial charge in [-0.05, 0) is 44.0 Å². The Kier molecular flexibility index (Phi) is 5.79. The Balaban J connectivity index is 2.50.